The Morgan fingerprint density at radius 3 is 2.08 bits per heavy atom. The maximum atomic E-state index is 5.97. The number of ether oxygens (including phenoxy) is 2. The molecule has 1 unspecified atom stereocenters. The quantitative estimate of drug-likeness (QED) is 0.168. The predicted octanol–water partition coefficient (Wildman–Crippen LogP) is 8.59. The lowest BCUT2D eigenvalue weighted by molar-refractivity contribution is 0.0464. The predicted molar refractivity (Wildman–Crippen MR) is 149 cm³/mol. The summed E-state index contributed by atoms with van der Waals surface area (Å²) >= 11 is 0. The average molecular weight is 489 g/mol. The highest BCUT2D eigenvalue weighted by Crippen LogP contribution is 2.20. The van der Waals surface area contributed by atoms with Gasteiger partial charge in [-0.1, -0.05) is 82.2 Å². The molecule has 0 aliphatic heterocycles. The monoisotopic (exact) mass is 488 g/mol. The maximum absolute atomic E-state index is 5.97. The molecule has 1 aromatic heterocycles. The molecule has 1 heterocycles. The lowest BCUT2D eigenvalue weighted by atomic mass is 10.1. The molecule has 0 N–H and O–H groups in total. The second-order valence-electron chi connectivity index (χ2n) is 9.76. The largest absolute Gasteiger partial charge is 0.494 e. The zero-order chi connectivity index (χ0) is 25.3. The van der Waals surface area contributed by atoms with Crippen LogP contribution in [0.2, 0.25) is 0 Å². The molecule has 0 fully saturated rings. The standard InChI is InChI=1S/C32H44N2O2/c1-3-4-5-6-7-8-9-13-23-35-31-21-19-30(20-22-31)32-33-24-29(25-34-32)18-14-15-27(2)36-26-28-16-11-10-12-17-28/h10-12,16-17,19-22,24-25,27H,3-9,13-15,18,23,26H2,1-2H3. The molecule has 4 heteroatoms. The fourth-order valence-corrected chi connectivity index (χ4v) is 4.25. The van der Waals surface area contributed by atoms with E-state index in [4.69, 9.17) is 9.47 Å². The summed E-state index contributed by atoms with van der Waals surface area (Å²) in [6.07, 6.45) is 17.7. The molecule has 0 spiro atoms. The van der Waals surface area contributed by atoms with Gasteiger partial charge in [0.1, 0.15) is 5.75 Å². The number of rotatable bonds is 18. The van der Waals surface area contributed by atoms with E-state index in [0.29, 0.717) is 6.61 Å². The Morgan fingerprint density at radius 1 is 0.722 bits per heavy atom. The van der Waals surface area contributed by atoms with Crippen LogP contribution in [0.4, 0.5) is 0 Å². The van der Waals surface area contributed by atoms with E-state index < -0.39 is 0 Å². The number of nitrogens with zero attached hydrogens (tertiary/aromatic N) is 2. The normalized spacial score (nSPS) is 11.9. The summed E-state index contributed by atoms with van der Waals surface area (Å²) in [5.74, 6) is 1.68. The van der Waals surface area contributed by atoms with Crippen molar-refractivity contribution in [2.45, 2.75) is 97.2 Å². The highest BCUT2D eigenvalue weighted by Gasteiger charge is 2.06. The van der Waals surface area contributed by atoms with Crippen LogP contribution in [0.1, 0.15) is 89.2 Å². The van der Waals surface area contributed by atoms with Gasteiger partial charge in [0.15, 0.2) is 5.82 Å². The maximum Gasteiger partial charge on any atom is 0.159 e. The number of hydrogen-bond acceptors (Lipinski definition) is 4. The lowest BCUT2D eigenvalue weighted by Gasteiger charge is -2.13. The summed E-state index contributed by atoms with van der Waals surface area (Å²) in [6.45, 7) is 5.87. The first-order valence-electron chi connectivity index (χ1n) is 13.9. The third kappa shape index (κ3) is 10.9. The first kappa shape index (κ1) is 27.9. The van der Waals surface area contributed by atoms with Crippen LogP contribution in [-0.2, 0) is 17.8 Å². The Bertz CT molecular complexity index is 942. The van der Waals surface area contributed by atoms with Crippen molar-refractivity contribution in [2.24, 2.45) is 0 Å². The Balaban J connectivity index is 1.30. The van der Waals surface area contributed by atoms with Crippen LogP contribution in [0.3, 0.4) is 0 Å². The Hall–Kier alpha value is -2.72. The number of aryl methyl sites for hydroxylation is 1. The van der Waals surface area contributed by atoms with Gasteiger partial charge in [0, 0.05) is 18.0 Å². The van der Waals surface area contributed by atoms with Crippen LogP contribution in [0.5, 0.6) is 5.75 Å². The highest BCUT2D eigenvalue weighted by molar-refractivity contribution is 5.55. The second kappa shape index (κ2) is 16.9. The SMILES string of the molecule is CCCCCCCCCCOc1ccc(-c2ncc(CCCC(C)OCc3ccccc3)cn2)cc1. The van der Waals surface area contributed by atoms with Gasteiger partial charge in [0.25, 0.3) is 0 Å². The molecule has 0 amide bonds. The van der Waals surface area contributed by atoms with E-state index in [1.807, 2.05) is 54.9 Å². The molecule has 1 atom stereocenters. The van der Waals surface area contributed by atoms with Crippen molar-refractivity contribution in [2.75, 3.05) is 6.61 Å². The molecule has 36 heavy (non-hydrogen) atoms. The zero-order valence-corrected chi connectivity index (χ0v) is 22.3. The van der Waals surface area contributed by atoms with Crippen LogP contribution >= 0.6 is 0 Å². The van der Waals surface area contributed by atoms with Gasteiger partial charge in [0.05, 0.1) is 19.3 Å². The summed E-state index contributed by atoms with van der Waals surface area (Å²) in [5, 5.41) is 0. The van der Waals surface area contributed by atoms with Crippen LogP contribution in [-0.4, -0.2) is 22.7 Å². The van der Waals surface area contributed by atoms with Crippen molar-refractivity contribution in [3.05, 3.63) is 78.1 Å². The number of unbranched alkanes of at least 4 members (excludes halogenated alkanes) is 7. The van der Waals surface area contributed by atoms with E-state index in [-0.39, 0.29) is 6.10 Å². The second-order valence-corrected chi connectivity index (χ2v) is 9.76. The Morgan fingerprint density at radius 2 is 1.39 bits per heavy atom. The molecule has 4 nitrogen and oxygen atoms in total. The van der Waals surface area contributed by atoms with Gasteiger partial charge in [-0.3, -0.25) is 0 Å². The molecule has 2 aromatic carbocycles. The summed E-state index contributed by atoms with van der Waals surface area (Å²) in [6, 6.07) is 18.5. The first-order chi connectivity index (χ1) is 17.7. The Kier molecular flexibility index (Phi) is 13.0. The molecule has 0 saturated heterocycles. The number of aromatic nitrogens is 2. The van der Waals surface area contributed by atoms with Gasteiger partial charge in [-0.15, -0.1) is 0 Å². The van der Waals surface area contributed by atoms with E-state index in [1.165, 1.54) is 56.1 Å². The molecule has 0 saturated carbocycles. The minimum atomic E-state index is 0.238. The van der Waals surface area contributed by atoms with Crippen LogP contribution < -0.4 is 4.74 Å². The zero-order valence-electron chi connectivity index (χ0n) is 22.3. The van der Waals surface area contributed by atoms with Crippen LogP contribution in [0.25, 0.3) is 11.4 Å². The molecule has 194 valence electrons. The van der Waals surface area contributed by atoms with Gasteiger partial charge in [-0.25, -0.2) is 9.97 Å². The van der Waals surface area contributed by atoms with Crippen molar-refractivity contribution in [3.63, 3.8) is 0 Å². The third-order valence-electron chi connectivity index (χ3n) is 6.54. The van der Waals surface area contributed by atoms with Crippen molar-refractivity contribution < 1.29 is 9.47 Å². The molecular formula is C32H44N2O2. The fourth-order valence-electron chi connectivity index (χ4n) is 4.25. The molecule has 3 aromatic rings. The molecule has 3 rings (SSSR count). The van der Waals surface area contributed by atoms with E-state index in [0.717, 1.165) is 49.4 Å². The fraction of sp³-hybridized carbons (Fsp3) is 0.500. The van der Waals surface area contributed by atoms with Gasteiger partial charge < -0.3 is 9.47 Å². The summed E-state index contributed by atoms with van der Waals surface area (Å²) in [7, 11) is 0. The van der Waals surface area contributed by atoms with Crippen LogP contribution in [0.15, 0.2) is 67.0 Å². The Labute approximate surface area is 218 Å². The van der Waals surface area contributed by atoms with E-state index in [9.17, 15) is 0 Å². The van der Waals surface area contributed by atoms with Crippen molar-refractivity contribution in [1.82, 2.24) is 9.97 Å². The topological polar surface area (TPSA) is 44.2 Å². The molecule has 0 bridgehead atoms. The molecule has 0 aliphatic rings. The minimum Gasteiger partial charge on any atom is -0.494 e. The van der Waals surface area contributed by atoms with Crippen LogP contribution in [0, 0.1) is 0 Å². The van der Waals surface area contributed by atoms with E-state index in [2.05, 4.69) is 35.9 Å². The van der Waals surface area contributed by atoms with Crippen molar-refractivity contribution in [3.8, 4) is 17.1 Å². The molecule has 0 radical (unpaired) electrons. The highest BCUT2D eigenvalue weighted by atomic mass is 16.5. The lowest BCUT2D eigenvalue weighted by Crippen LogP contribution is -2.08. The van der Waals surface area contributed by atoms with Gasteiger partial charge in [0.2, 0.25) is 0 Å². The number of benzene rings is 2. The third-order valence-corrected chi connectivity index (χ3v) is 6.54. The van der Waals surface area contributed by atoms with Gasteiger partial charge >= 0.3 is 0 Å². The van der Waals surface area contributed by atoms with Crippen molar-refractivity contribution in [1.29, 1.82) is 0 Å². The average Bonchev–Trinajstić information content (AvgIpc) is 2.92. The number of hydrogen-bond donors (Lipinski definition) is 0. The summed E-state index contributed by atoms with van der Waals surface area (Å²) in [5.41, 5.74) is 3.40. The summed E-state index contributed by atoms with van der Waals surface area (Å²) < 4.78 is 11.9. The van der Waals surface area contributed by atoms with Crippen molar-refractivity contribution >= 4 is 0 Å². The van der Waals surface area contributed by atoms with Gasteiger partial charge in [-0.2, -0.15) is 0 Å². The minimum absolute atomic E-state index is 0.238. The van der Waals surface area contributed by atoms with E-state index >= 15 is 0 Å². The molecule has 0 aliphatic carbocycles. The molecular weight excluding hydrogens is 444 g/mol. The van der Waals surface area contributed by atoms with Gasteiger partial charge in [-0.05, 0) is 68.0 Å². The van der Waals surface area contributed by atoms with E-state index in [1.54, 1.807) is 0 Å². The smallest absolute Gasteiger partial charge is 0.159 e. The first-order valence-corrected chi connectivity index (χ1v) is 13.9. The summed E-state index contributed by atoms with van der Waals surface area (Å²) in [4.78, 5) is 9.18.